The van der Waals surface area contributed by atoms with Gasteiger partial charge >= 0.3 is 0 Å². The second-order valence-electron chi connectivity index (χ2n) is 6.29. The minimum absolute atomic E-state index is 0.0527. The lowest BCUT2D eigenvalue weighted by Crippen LogP contribution is -3.11. The highest BCUT2D eigenvalue weighted by Gasteiger charge is 2.18. The van der Waals surface area contributed by atoms with Crippen molar-refractivity contribution < 1.29 is 18.9 Å². The van der Waals surface area contributed by atoms with Crippen LogP contribution in [-0.4, -0.2) is 37.5 Å². The molecule has 1 unspecified atom stereocenters. The Bertz CT molecular complexity index is 558. The molecule has 0 spiro atoms. The van der Waals surface area contributed by atoms with Gasteiger partial charge < -0.3 is 15.5 Å². The van der Waals surface area contributed by atoms with E-state index in [0.717, 1.165) is 4.90 Å². The van der Waals surface area contributed by atoms with Crippen molar-refractivity contribution in [2.75, 3.05) is 25.5 Å². The maximum Gasteiger partial charge on any atom is 0.279 e. The van der Waals surface area contributed by atoms with Crippen molar-refractivity contribution in [2.24, 2.45) is 0 Å². The van der Waals surface area contributed by atoms with E-state index in [1.807, 2.05) is 20.8 Å². The van der Waals surface area contributed by atoms with Gasteiger partial charge in [0, 0.05) is 11.2 Å². The van der Waals surface area contributed by atoms with Crippen LogP contribution in [0.4, 0.5) is 10.1 Å². The number of quaternary nitrogens is 1. The molecule has 2 amide bonds. The Morgan fingerprint density at radius 2 is 1.82 bits per heavy atom. The van der Waals surface area contributed by atoms with Gasteiger partial charge in [-0.3, -0.25) is 9.59 Å². The molecule has 0 aliphatic heterocycles. The molecular weight excluding hydrogens is 309 g/mol. The van der Waals surface area contributed by atoms with E-state index in [1.165, 1.54) is 18.2 Å². The average molecular weight is 331 g/mol. The molecule has 122 valence electrons. The van der Waals surface area contributed by atoms with E-state index in [1.54, 1.807) is 7.05 Å². The van der Waals surface area contributed by atoms with Crippen molar-refractivity contribution in [1.29, 1.82) is 0 Å². The largest absolute Gasteiger partial charge is 0.347 e. The molecule has 0 radical (unpaired) electrons. The molecule has 1 atom stereocenters. The molecule has 0 bridgehead atoms. The van der Waals surface area contributed by atoms with Crippen LogP contribution in [0, 0.1) is 5.82 Å². The maximum absolute atomic E-state index is 13.0. The van der Waals surface area contributed by atoms with Crippen LogP contribution in [0.25, 0.3) is 0 Å². The SMILES string of the molecule is C[NH+](CC(=O)Nc1ccc(F)c(Cl)c1)CC(=O)NC(C)(C)C. The van der Waals surface area contributed by atoms with Crippen LogP contribution in [0.5, 0.6) is 0 Å². The molecule has 0 saturated heterocycles. The zero-order chi connectivity index (χ0) is 16.9. The van der Waals surface area contributed by atoms with Crippen molar-refractivity contribution in [3.8, 4) is 0 Å². The van der Waals surface area contributed by atoms with Crippen LogP contribution in [0.1, 0.15) is 20.8 Å². The van der Waals surface area contributed by atoms with Gasteiger partial charge in [-0.2, -0.15) is 0 Å². The summed E-state index contributed by atoms with van der Waals surface area (Å²) in [5, 5.41) is 5.40. The monoisotopic (exact) mass is 330 g/mol. The Morgan fingerprint density at radius 3 is 2.36 bits per heavy atom. The number of carbonyl (C=O) groups is 2. The fourth-order valence-corrected chi connectivity index (χ4v) is 2.03. The highest BCUT2D eigenvalue weighted by atomic mass is 35.5. The molecule has 0 aliphatic rings. The molecule has 0 fully saturated rings. The molecule has 7 heteroatoms. The molecule has 0 saturated carbocycles. The molecule has 3 N–H and O–H groups in total. The van der Waals surface area contributed by atoms with Gasteiger partial charge in [0.1, 0.15) is 5.82 Å². The Labute approximate surface area is 134 Å². The van der Waals surface area contributed by atoms with Gasteiger partial charge in [-0.15, -0.1) is 0 Å². The number of hydrogen-bond acceptors (Lipinski definition) is 2. The summed E-state index contributed by atoms with van der Waals surface area (Å²) >= 11 is 5.65. The first-order valence-corrected chi connectivity index (χ1v) is 7.32. The number of nitrogens with one attached hydrogen (secondary N) is 3. The third-order valence-electron chi connectivity index (χ3n) is 2.64. The van der Waals surface area contributed by atoms with Crippen LogP contribution in [0.2, 0.25) is 5.02 Å². The van der Waals surface area contributed by atoms with E-state index in [-0.39, 0.29) is 35.5 Å². The molecule has 0 aromatic heterocycles. The molecule has 1 aromatic carbocycles. The summed E-state index contributed by atoms with van der Waals surface area (Å²) in [4.78, 5) is 24.4. The Morgan fingerprint density at radius 1 is 1.23 bits per heavy atom. The number of benzene rings is 1. The number of carbonyl (C=O) groups excluding carboxylic acids is 2. The smallest absolute Gasteiger partial charge is 0.279 e. The third kappa shape index (κ3) is 6.87. The Balaban J connectivity index is 2.47. The highest BCUT2D eigenvalue weighted by Crippen LogP contribution is 2.18. The van der Waals surface area contributed by atoms with E-state index in [4.69, 9.17) is 11.6 Å². The summed E-state index contributed by atoms with van der Waals surface area (Å²) in [6.45, 7) is 5.99. The zero-order valence-electron chi connectivity index (χ0n) is 13.2. The van der Waals surface area contributed by atoms with Crippen molar-refractivity contribution in [1.82, 2.24) is 5.32 Å². The number of amides is 2. The third-order valence-corrected chi connectivity index (χ3v) is 2.93. The number of likely N-dealkylation sites (N-methyl/N-ethyl adjacent to an activating group) is 1. The predicted molar refractivity (Wildman–Crippen MR) is 84.6 cm³/mol. The summed E-state index contributed by atoms with van der Waals surface area (Å²) in [5.74, 6) is -0.937. The summed E-state index contributed by atoms with van der Waals surface area (Å²) in [6, 6.07) is 3.96. The van der Waals surface area contributed by atoms with Crippen LogP contribution in [-0.2, 0) is 9.59 Å². The number of halogens is 2. The molecule has 0 heterocycles. The summed E-state index contributed by atoms with van der Waals surface area (Å²) in [7, 11) is 1.75. The summed E-state index contributed by atoms with van der Waals surface area (Å²) in [6.07, 6.45) is 0. The predicted octanol–water partition coefficient (Wildman–Crippen LogP) is 0.847. The van der Waals surface area contributed by atoms with Crippen LogP contribution < -0.4 is 15.5 Å². The average Bonchev–Trinajstić information content (AvgIpc) is 2.30. The second kappa shape index (κ2) is 7.56. The minimum Gasteiger partial charge on any atom is -0.347 e. The molecule has 0 aliphatic carbocycles. The lowest BCUT2D eigenvalue weighted by Gasteiger charge is -2.21. The Hall–Kier alpha value is -1.66. The van der Waals surface area contributed by atoms with Crippen LogP contribution in [0.15, 0.2) is 18.2 Å². The van der Waals surface area contributed by atoms with Crippen LogP contribution >= 0.6 is 11.6 Å². The highest BCUT2D eigenvalue weighted by molar-refractivity contribution is 6.31. The van der Waals surface area contributed by atoms with Crippen molar-refractivity contribution in [3.05, 3.63) is 29.0 Å². The van der Waals surface area contributed by atoms with E-state index < -0.39 is 5.82 Å². The van der Waals surface area contributed by atoms with E-state index >= 15 is 0 Å². The fourth-order valence-electron chi connectivity index (χ4n) is 1.85. The standard InChI is InChI=1S/C15H21ClFN3O2/c1-15(2,3)19-14(22)9-20(4)8-13(21)18-10-5-6-12(17)11(16)7-10/h5-7H,8-9H2,1-4H3,(H,18,21)(H,19,22)/p+1. The first-order chi connectivity index (χ1) is 10.1. The Kier molecular flexibility index (Phi) is 6.32. The zero-order valence-corrected chi connectivity index (χ0v) is 14.0. The van der Waals surface area contributed by atoms with Gasteiger partial charge in [0.05, 0.1) is 12.1 Å². The summed E-state index contributed by atoms with van der Waals surface area (Å²) < 4.78 is 13.0. The quantitative estimate of drug-likeness (QED) is 0.749. The molecule has 1 aromatic rings. The maximum atomic E-state index is 13.0. The lowest BCUT2D eigenvalue weighted by atomic mass is 10.1. The molecule has 5 nitrogen and oxygen atoms in total. The van der Waals surface area contributed by atoms with Crippen molar-refractivity contribution in [3.63, 3.8) is 0 Å². The molecule has 1 rings (SSSR count). The van der Waals surface area contributed by atoms with Gasteiger partial charge in [0.2, 0.25) is 0 Å². The van der Waals surface area contributed by atoms with Gasteiger partial charge in [-0.1, -0.05) is 11.6 Å². The van der Waals surface area contributed by atoms with Crippen LogP contribution in [0.3, 0.4) is 0 Å². The first kappa shape index (κ1) is 18.4. The van der Waals surface area contributed by atoms with Crippen molar-refractivity contribution in [2.45, 2.75) is 26.3 Å². The first-order valence-electron chi connectivity index (χ1n) is 6.94. The van der Waals surface area contributed by atoms with E-state index in [2.05, 4.69) is 10.6 Å². The van der Waals surface area contributed by atoms with Gasteiger partial charge in [0.25, 0.3) is 11.8 Å². The minimum atomic E-state index is -0.540. The lowest BCUT2D eigenvalue weighted by molar-refractivity contribution is -0.862. The van der Waals surface area contributed by atoms with Gasteiger partial charge in [0.15, 0.2) is 13.1 Å². The normalized spacial score (nSPS) is 12.6. The van der Waals surface area contributed by atoms with Gasteiger partial charge in [-0.25, -0.2) is 4.39 Å². The van der Waals surface area contributed by atoms with E-state index in [9.17, 15) is 14.0 Å². The second-order valence-corrected chi connectivity index (χ2v) is 6.69. The fraction of sp³-hybridized carbons (Fsp3) is 0.467. The number of hydrogen-bond donors (Lipinski definition) is 3. The summed E-state index contributed by atoms with van der Waals surface area (Å²) in [5.41, 5.74) is 0.119. The van der Waals surface area contributed by atoms with E-state index in [0.29, 0.717) is 5.69 Å². The number of rotatable bonds is 5. The molecule has 22 heavy (non-hydrogen) atoms. The number of anilines is 1. The molecular formula is C15H22ClFN3O2+. The topological polar surface area (TPSA) is 62.6 Å². The van der Waals surface area contributed by atoms with Crippen molar-refractivity contribution >= 4 is 29.1 Å². The van der Waals surface area contributed by atoms with Gasteiger partial charge in [-0.05, 0) is 39.0 Å².